The second-order valence-electron chi connectivity index (χ2n) is 5.17. The molecule has 5 nitrogen and oxygen atoms in total. The average Bonchev–Trinajstić information content (AvgIpc) is 2.80. The van der Waals surface area contributed by atoms with Crippen LogP contribution < -0.4 is 5.32 Å². The van der Waals surface area contributed by atoms with Crippen LogP contribution in [0.3, 0.4) is 0 Å². The SMILES string of the molecule is Cc1ccc(NC(=O)CSC2=NS(=O)(=O)c3ccccc32)cc1F. The van der Waals surface area contributed by atoms with E-state index in [2.05, 4.69) is 9.71 Å². The first-order chi connectivity index (χ1) is 11.4. The normalized spacial score (nSPS) is 14.8. The van der Waals surface area contributed by atoms with Crippen molar-refractivity contribution < 1.29 is 17.6 Å². The number of rotatable bonds is 3. The summed E-state index contributed by atoms with van der Waals surface area (Å²) < 4.78 is 41.0. The Hall–Kier alpha value is -2.19. The van der Waals surface area contributed by atoms with Crippen LogP contribution in [0.4, 0.5) is 10.1 Å². The van der Waals surface area contributed by atoms with Gasteiger partial charge in [-0.1, -0.05) is 36.0 Å². The Kier molecular flexibility index (Phi) is 4.42. The van der Waals surface area contributed by atoms with Crippen molar-refractivity contribution in [1.29, 1.82) is 0 Å². The van der Waals surface area contributed by atoms with Crippen LogP contribution in [-0.2, 0) is 14.8 Å². The minimum absolute atomic E-state index is 0.0296. The van der Waals surface area contributed by atoms with Crippen molar-refractivity contribution in [3.8, 4) is 0 Å². The van der Waals surface area contributed by atoms with Gasteiger partial charge in [0.2, 0.25) is 5.91 Å². The van der Waals surface area contributed by atoms with Crippen LogP contribution in [0.15, 0.2) is 51.8 Å². The monoisotopic (exact) mass is 364 g/mol. The minimum atomic E-state index is -3.69. The number of carbonyl (C=O) groups excluding carboxylic acids is 1. The number of benzene rings is 2. The summed E-state index contributed by atoms with van der Waals surface area (Å²) in [7, 11) is -3.69. The van der Waals surface area contributed by atoms with Crippen molar-refractivity contribution in [2.75, 3.05) is 11.1 Å². The highest BCUT2D eigenvalue weighted by Gasteiger charge is 2.28. The summed E-state index contributed by atoms with van der Waals surface area (Å²) in [5.74, 6) is -0.800. The van der Waals surface area contributed by atoms with Crippen LogP contribution in [0.5, 0.6) is 0 Å². The molecule has 0 atom stereocenters. The molecule has 8 heteroatoms. The van der Waals surface area contributed by atoms with E-state index in [1.165, 1.54) is 12.1 Å². The van der Waals surface area contributed by atoms with E-state index in [9.17, 15) is 17.6 Å². The number of nitrogens with zero attached hydrogens (tertiary/aromatic N) is 1. The van der Waals surface area contributed by atoms with E-state index in [0.29, 0.717) is 16.8 Å². The number of anilines is 1. The third kappa shape index (κ3) is 3.34. The topological polar surface area (TPSA) is 75.6 Å². The van der Waals surface area contributed by atoms with Crippen molar-refractivity contribution >= 4 is 38.4 Å². The Labute approximate surface area is 143 Å². The number of halogens is 1. The summed E-state index contributed by atoms with van der Waals surface area (Å²) in [5, 5.41) is 2.86. The second kappa shape index (κ2) is 6.37. The minimum Gasteiger partial charge on any atom is -0.325 e. The Bertz CT molecular complexity index is 956. The van der Waals surface area contributed by atoms with Crippen LogP contribution in [0.1, 0.15) is 11.1 Å². The van der Waals surface area contributed by atoms with Crippen molar-refractivity contribution in [1.82, 2.24) is 0 Å². The Morgan fingerprint density at radius 1 is 1.25 bits per heavy atom. The highest BCUT2D eigenvalue weighted by Crippen LogP contribution is 2.30. The van der Waals surface area contributed by atoms with Gasteiger partial charge in [-0.15, -0.1) is 0 Å². The Morgan fingerprint density at radius 3 is 2.75 bits per heavy atom. The van der Waals surface area contributed by atoms with E-state index in [-0.39, 0.29) is 21.6 Å². The number of hydrogen-bond acceptors (Lipinski definition) is 4. The fourth-order valence-electron chi connectivity index (χ4n) is 2.18. The number of aryl methyl sites for hydroxylation is 1. The molecule has 0 saturated carbocycles. The molecule has 0 unspecified atom stereocenters. The van der Waals surface area contributed by atoms with E-state index >= 15 is 0 Å². The quantitative estimate of drug-likeness (QED) is 0.909. The fourth-order valence-corrected chi connectivity index (χ4v) is 4.53. The first-order valence-corrected chi connectivity index (χ1v) is 9.42. The van der Waals surface area contributed by atoms with Crippen LogP contribution in [0.2, 0.25) is 0 Å². The number of sulfonamides is 1. The van der Waals surface area contributed by atoms with Gasteiger partial charge in [-0.2, -0.15) is 12.8 Å². The first-order valence-electron chi connectivity index (χ1n) is 7.00. The third-order valence-corrected chi connectivity index (χ3v) is 5.84. The molecule has 0 saturated heterocycles. The van der Waals surface area contributed by atoms with Crippen molar-refractivity contribution in [2.45, 2.75) is 11.8 Å². The number of hydrogen-bond donors (Lipinski definition) is 1. The number of nitrogens with one attached hydrogen (secondary N) is 1. The Balaban J connectivity index is 1.68. The van der Waals surface area contributed by atoms with E-state index in [1.807, 2.05) is 0 Å². The van der Waals surface area contributed by atoms with Crippen LogP contribution in [-0.4, -0.2) is 25.1 Å². The molecule has 1 aliphatic rings. The molecule has 2 aromatic rings. The summed E-state index contributed by atoms with van der Waals surface area (Å²) in [6.07, 6.45) is 0. The van der Waals surface area contributed by atoms with Crippen molar-refractivity contribution in [3.63, 3.8) is 0 Å². The maximum absolute atomic E-state index is 13.5. The molecule has 2 aromatic carbocycles. The zero-order valence-corrected chi connectivity index (χ0v) is 14.2. The predicted octanol–water partition coefficient (Wildman–Crippen LogP) is 2.95. The highest BCUT2D eigenvalue weighted by atomic mass is 32.2. The van der Waals surface area contributed by atoms with E-state index in [1.54, 1.807) is 37.3 Å². The fraction of sp³-hybridized carbons (Fsp3) is 0.125. The number of thioether (sulfide) groups is 1. The van der Waals surface area contributed by atoms with Gasteiger partial charge >= 0.3 is 0 Å². The molecule has 0 aromatic heterocycles. The van der Waals surface area contributed by atoms with E-state index in [4.69, 9.17) is 0 Å². The van der Waals surface area contributed by atoms with Gasteiger partial charge in [-0.05, 0) is 30.7 Å². The van der Waals surface area contributed by atoms with Gasteiger partial charge in [-0.3, -0.25) is 4.79 Å². The standard InChI is InChI=1S/C16H13FN2O3S2/c1-10-6-7-11(8-13(10)17)18-15(20)9-23-16-12-4-2-3-5-14(12)24(21,22)19-16/h2-8H,9H2,1H3,(H,18,20). The van der Waals surface area contributed by atoms with E-state index in [0.717, 1.165) is 11.8 Å². The predicted molar refractivity (Wildman–Crippen MR) is 92.4 cm³/mol. The van der Waals surface area contributed by atoms with Gasteiger partial charge in [-0.25, -0.2) is 4.39 Å². The summed E-state index contributed by atoms with van der Waals surface area (Å²) in [6, 6.07) is 10.9. The lowest BCUT2D eigenvalue weighted by atomic mass is 10.2. The van der Waals surface area contributed by atoms with Crippen LogP contribution in [0, 0.1) is 12.7 Å². The van der Waals surface area contributed by atoms with Crippen LogP contribution in [0.25, 0.3) is 0 Å². The number of carbonyl (C=O) groups is 1. The molecule has 1 heterocycles. The molecule has 0 spiro atoms. The largest absolute Gasteiger partial charge is 0.325 e. The first kappa shape index (κ1) is 16.7. The summed E-state index contributed by atoms with van der Waals surface area (Å²) >= 11 is 1.03. The van der Waals surface area contributed by atoms with Gasteiger partial charge in [0.05, 0.1) is 10.6 Å². The molecule has 0 bridgehead atoms. The lowest BCUT2D eigenvalue weighted by molar-refractivity contribution is -0.113. The summed E-state index contributed by atoms with van der Waals surface area (Å²) in [4.78, 5) is 12.1. The molecule has 1 aliphatic heterocycles. The molecule has 0 fully saturated rings. The van der Waals surface area contributed by atoms with Gasteiger partial charge in [0.25, 0.3) is 10.0 Å². The van der Waals surface area contributed by atoms with Gasteiger partial charge < -0.3 is 5.32 Å². The number of amides is 1. The zero-order chi connectivity index (χ0) is 17.3. The third-order valence-electron chi connectivity index (χ3n) is 3.39. The maximum Gasteiger partial charge on any atom is 0.284 e. The van der Waals surface area contributed by atoms with Gasteiger partial charge in [0.15, 0.2) is 0 Å². The summed E-state index contributed by atoms with van der Waals surface area (Å²) in [5.41, 5.74) is 1.34. The maximum atomic E-state index is 13.5. The number of fused-ring (bicyclic) bond motifs is 1. The molecule has 24 heavy (non-hydrogen) atoms. The molecule has 3 rings (SSSR count). The van der Waals surface area contributed by atoms with E-state index < -0.39 is 15.8 Å². The van der Waals surface area contributed by atoms with Crippen molar-refractivity contribution in [2.24, 2.45) is 4.40 Å². The zero-order valence-electron chi connectivity index (χ0n) is 12.6. The van der Waals surface area contributed by atoms with Crippen LogP contribution >= 0.6 is 11.8 Å². The molecule has 1 N–H and O–H groups in total. The second-order valence-corrected chi connectivity index (χ2v) is 7.71. The Morgan fingerprint density at radius 2 is 2.00 bits per heavy atom. The average molecular weight is 364 g/mol. The molecular weight excluding hydrogens is 351 g/mol. The molecule has 1 amide bonds. The molecule has 0 aliphatic carbocycles. The lowest BCUT2D eigenvalue weighted by Crippen LogP contribution is -2.15. The van der Waals surface area contributed by atoms with Crippen molar-refractivity contribution in [3.05, 3.63) is 59.4 Å². The molecule has 0 radical (unpaired) electrons. The lowest BCUT2D eigenvalue weighted by Gasteiger charge is -2.06. The highest BCUT2D eigenvalue weighted by molar-refractivity contribution is 8.16. The molecular formula is C16H13FN2O3S2. The summed E-state index contributed by atoms with van der Waals surface area (Å²) in [6.45, 7) is 1.63. The smallest absolute Gasteiger partial charge is 0.284 e. The van der Waals surface area contributed by atoms with Gasteiger partial charge in [0, 0.05) is 11.3 Å². The molecule has 124 valence electrons. The van der Waals surface area contributed by atoms with Gasteiger partial charge in [0.1, 0.15) is 10.9 Å².